The second-order valence-electron chi connectivity index (χ2n) is 4.30. The molecule has 16 heavy (non-hydrogen) atoms. The van der Waals surface area contributed by atoms with Crippen LogP contribution >= 0.6 is 15.9 Å². The van der Waals surface area contributed by atoms with Gasteiger partial charge in [0.25, 0.3) is 0 Å². The number of hydrogen-bond acceptors (Lipinski definition) is 3. The van der Waals surface area contributed by atoms with Gasteiger partial charge in [-0.25, -0.2) is 0 Å². The van der Waals surface area contributed by atoms with E-state index in [-0.39, 0.29) is 11.2 Å². The Morgan fingerprint density at radius 3 is 2.69 bits per heavy atom. The van der Waals surface area contributed by atoms with Gasteiger partial charge in [0, 0.05) is 0 Å². The fourth-order valence-corrected chi connectivity index (χ4v) is 2.95. The number of nitrogens with two attached hydrogens (primary N) is 1. The molecule has 0 heterocycles. The second-order valence-corrected chi connectivity index (χ2v) is 5.09. The van der Waals surface area contributed by atoms with Gasteiger partial charge in [-0.3, -0.25) is 0 Å². The summed E-state index contributed by atoms with van der Waals surface area (Å²) >= 11 is 3.45. The highest BCUT2D eigenvalue weighted by atomic mass is 79.9. The van der Waals surface area contributed by atoms with Gasteiger partial charge in [-0.1, -0.05) is 6.07 Å². The summed E-state index contributed by atoms with van der Waals surface area (Å²) in [6, 6.07) is 3.83. The Labute approximate surface area is 104 Å². The van der Waals surface area contributed by atoms with E-state index in [1.54, 1.807) is 7.11 Å². The van der Waals surface area contributed by atoms with Crippen LogP contribution in [-0.2, 0) is 5.41 Å². The molecule has 0 radical (unpaired) electrons. The molecule has 0 bridgehead atoms. The molecule has 3 N–H and O–H groups in total. The van der Waals surface area contributed by atoms with Crippen molar-refractivity contribution < 1.29 is 9.84 Å². The minimum atomic E-state index is 0.178. The minimum absolute atomic E-state index is 0.178. The van der Waals surface area contributed by atoms with Gasteiger partial charge < -0.3 is 15.6 Å². The number of ether oxygens (including phenoxy) is 1. The highest BCUT2D eigenvalue weighted by Gasteiger charge is 2.45. The fourth-order valence-electron chi connectivity index (χ4n) is 2.20. The third kappa shape index (κ3) is 1.80. The zero-order valence-electron chi connectivity index (χ0n) is 9.29. The van der Waals surface area contributed by atoms with Crippen LogP contribution < -0.4 is 10.5 Å². The first-order valence-corrected chi connectivity index (χ1v) is 6.20. The SMILES string of the molecule is COc1ccc(C2(CCN)CC2)c(Br)c1O. The Bertz CT molecular complexity index is 402. The lowest BCUT2D eigenvalue weighted by Crippen LogP contribution is -2.14. The smallest absolute Gasteiger partial charge is 0.172 e. The molecule has 0 aliphatic heterocycles. The molecule has 2 rings (SSSR count). The summed E-state index contributed by atoms with van der Waals surface area (Å²) in [5.41, 5.74) is 6.96. The van der Waals surface area contributed by atoms with Crippen LogP contribution in [0.5, 0.6) is 11.5 Å². The molecular weight excluding hydrogens is 270 g/mol. The number of aromatic hydroxyl groups is 1. The van der Waals surface area contributed by atoms with Crippen molar-refractivity contribution in [1.29, 1.82) is 0 Å². The summed E-state index contributed by atoms with van der Waals surface area (Å²) in [7, 11) is 1.55. The van der Waals surface area contributed by atoms with Crippen LogP contribution in [0.25, 0.3) is 0 Å². The van der Waals surface area contributed by atoms with Crippen molar-refractivity contribution in [3.8, 4) is 11.5 Å². The van der Waals surface area contributed by atoms with Gasteiger partial charge in [0.2, 0.25) is 0 Å². The number of phenolic OH excluding ortho intramolecular Hbond substituents is 1. The van der Waals surface area contributed by atoms with Crippen LogP contribution in [-0.4, -0.2) is 18.8 Å². The quantitative estimate of drug-likeness (QED) is 0.894. The minimum Gasteiger partial charge on any atom is -0.503 e. The topological polar surface area (TPSA) is 55.5 Å². The normalized spacial score (nSPS) is 17.2. The first kappa shape index (κ1) is 11.7. The van der Waals surface area contributed by atoms with Gasteiger partial charge in [-0.05, 0) is 58.8 Å². The van der Waals surface area contributed by atoms with Crippen molar-refractivity contribution in [2.45, 2.75) is 24.7 Å². The lowest BCUT2D eigenvalue weighted by atomic mass is 9.92. The van der Waals surface area contributed by atoms with Crippen molar-refractivity contribution in [3.05, 3.63) is 22.2 Å². The Morgan fingerprint density at radius 1 is 1.50 bits per heavy atom. The number of benzene rings is 1. The summed E-state index contributed by atoms with van der Waals surface area (Å²) < 4.78 is 5.82. The number of rotatable bonds is 4. The predicted octanol–water partition coefficient (Wildman–Crippen LogP) is 2.54. The molecule has 0 atom stereocenters. The molecule has 0 saturated heterocycles. The van der Waals surface area contributed by atoms with Crippen LogP contribution in [0.1, 0.15) is 24.8 Å². The number of halogens is 1. The Hall–Kier alpha value is -0.740. The van der Waals surface area contributed by atoms with Crippen LogP contribution in [0.3, 0.4) is 0 Å². The van der Waals surface area contributed by atoms with E-state index >= 15 is 0 Å². The zero-order chi connectivity index (χ0) is 11.8. The van der Waals surface area contributed by atoms with Crippen LogP contribution in [0.2, 0.25) is 0 Å². The average Bonchev–Trinajstić information content (AvgIpc) is 3.03. The fraction of sp³-hybridized carbons (Fsp3) is 0.500. The van der Waals surface area contributed by atoms with Gasteiger partial charge in [-0.15, -0.1) is 0 Å². The number of phenols is 1. The van der Waals surface area contributed by atoms with E-state index in [9.17, 15) is 5.11 Å². The third-order valence-corrected chi connectivity index (χ3v) is 4.15. The second kappa shape index (κ2) is 4.26. The van der Waals surface area contributed by atoms with E-state index in [1.807, 2.05) is 12.1 Å². The van der Waals surface area contributed by atoms with Gasteiger partial charge in [0.1, 0.15) is 0 Å². The molecule has 0 spiro atoms. The first-order chi connectivity index (χ1) is 7.64. The van der Waals surface area contributed by atoms with Crippen molar-refractivity contribution in [3.63, 3.8) is 0 Å². The zero-order valence-corrected chi connectivity index (χ0v) is 10.9. The summed E-state index contributed by atoms with van der Waals surface area (Å²) in [6.45, 7) is 0.680. The molecule has 0 aromatic heterocycles. The molecule has 0 unspecified atom stereocenters. The summed E-state index contributed by atoms with van der Waals surface area (Å²) in [5.74, 6) is 0.683. The molecule has 1 fully saturated rings. The Morgan fingerprint density at radius 2 is 2.19 bits per heavy atom. The number of methoxy groups -OCH3 is 1. The van der Waals surface area contributed by atoms with E-state index in [0.29, 0.717) is 12.3 Å². The van der Waals surface area contributed by atoms with Crippen molar-refractivity contribution in [2.75, 3.05) is 13.7 Å². The summed E-state index contributed by atoms with van der Waals surface area (Å²) in [6.07, 6.45) is 3.26. The highest BCUT2D eigenvalue weighted by Crippen LogP contribution is 2.55. The number of hydrogen-bond donors (Lipinski definition) is 2. The van der Waals surface area contributed by atoms with Gasteiger partial charge in [-0.2, -0.15) is 0 Å². The molecule has 1 aromatic rings. The van der Waals surface area contributed by atoms with Gasteiger partial charge in [0.15, 0.2) is 11.5 Å². The van der Waals surface area contributed by atoms with E-state index in [2.05, 4.69) is 15.9 Å². The molecule has 4 heteroatoms. The molecule has 88 valence electrons. The van der Waals surface area contributed by atoms with E-state index in [1.165, 1.54) is 0 Å². The maximum absolute atomic E-state index is 9.93. The van der Waals surface area contributed by atoms with Crippen molar-refractivity contribution in [2.24, 2.45) is 5.73 Å². The summed E-state index contributed by atoms with van der Waals surface area (Å²) in [5, 5.41) is 9.93. The monoisotopic (exact) mass is 285 g/mol. The predicted molar refractivity (Wildman–Crippen MR) is 66.9 cm³/mol. The maximum Gasteiger partial charge on any atom is 0.172 e. The Kier molecular flexibility index (Phi) is 3.13. The third-order valence-electron chi connectivity index (χ3n) is 3.35. The van der Waals surface area contributed by atoms with E-state index < -0.39 is 0 Å². The molecule has 1 aromatic carbocycles. The van der Waals surface area contributed by atoms with Crippen molar-refractivity contribution >= 4 is 15.9 Å². The molecular formula is C12H16BrNO2. The van der Waals surface area contributed by atoms with Crippen LogP contribution in [0.15, 0.2) is 16.6 Å². The van der Waals surface area contributed by atoms with E-state index in [4.69, 9.17) is 10.5 Å². The molecule has 1 saturated carbocycles. The lowest BCUT2D eigenvalue weighted by Gasteiger charge is -2.18. The van der Waals surface area contributed by atoms with Gasteiger partial charge in [0.05, 0.1) is 11.6 Å². The average molecular weight is 286 g/mol. The molecule has 0 amide bonds. The molecule has 3 nitrogen and oxygen atoms in total. The maximum atomic E-state index is 9.93. The highest BCUT2D eigenvalue weighted by molar-refractivity contribution is 9.10. The molecule has 1 aliphatic carbocycles. The van der Waals surface area contributed by atoms with E-state index in [0.717, 1.165) is 29.3 Å². The summed E-state index contributed by atoms with van der Waals surface area (Å²) in [4.78, 5) is 0. The van der Waals surface area contributed by atoms with Crippen molar-refractivity contribution in [1.82, 2.24) is 0 Å². The lowest BCUT2D eigenvalue weighted by molar-refractivity contribution is 0.370. The first-order valence-electron chi connectivity index (χ1n) is 5.40. The standard InChI is InChI=1S/C12H16BrNO2/c1-16-9-3-2-8(10(13)11(9)15)12(4-5-12)6-7-14/h2-3,15H,4-7,14H2,1H3. The largest absolute Gasteiger partial charge is 0.503 e. The van der Waals surface area contributed by atoms with Gasteiger partial charge >= 0.3 is 0 Å². The Balaban J connectivity index is 2.40. The molecule has 1 aliphatic rings. The van der Waals surface area contributed by atoms with Crippen LogP contribution in [0, 0.1) is 0 Å². The van der Waals surface area contributed by atoms with Crippen LogP contribution in [0.4, 0.5) is 0 Å².